The van der Waals surface area contributed by atoms with Gasteiger partial charge in [0.15, 0.2) is 0 Å². The summed E-state index contributed by atoms with van der Waals surface area (Å²) in [5.74, 6) is 0.224. The molecule has 3 aliphatic rings. The van der Waals surface area contributed by atoms with Crippen molar-refractivity contribution in [1.82, 2.24) is 15.5 Å². The van der Waals surface area contributed by atoms with Crippen molar-refractivity contribution in [2.75, 3.05) is 13.6 Å². The highest BCUT2D eigenvalue weighted by Gasteiger charge is 2.37. The monoisotopic (exact) mass is 265 g/mol. The van der Waals surface area contributed by atoms with E-state index in [-0.39, 0.29) is 11.9 Å². The van der Waals surface area contributed by atoms with Gasteiger partial charge in [-0.15, -0.1) is 0 Å². The molecule has 2 bridgehead atoms. The minimum Gasteiger partial charge on any atom is -0.355 e. The van der Waals surface area contributed by atoms with E-state index in [1.807, 2.05) is 0 Å². The largest absolute Gasteiger partial charge is 0.355 e. The number of piperidine rings is 2. The first-order valence-corrected chi connectivity index (χ1v) is 8.00. The Morgan fingerprint density at radius 3 is 2.58 bits per heavy atom. The number of carbonyl (C=O) groups is 1. The van der Waals surface area contributed by atoms with Crippen LogP contribution in [0.3, 0.4) is 0 Å². The maximum Gasteiger partial charge on any atom is 0.237 e. The first kappa shape index (κ1) is 13.4. The molecule has 0 radical (unpaired) electrons. The summed E-state index contributed by atoms with van der Waals surface area (Å²) in [6, 6.07) is 2.06. The minimum absolute atomic E-state index is 0.0524. The smallest absolute Gasteiger partial charge is 0.237 e. The minimum atomic E-state index is 0.0524. The van der Waals surface area contributed by atoms with Gasteiger partial charge in [0.2, 0.25) is 5.91 Å². The van der Waals surface area contributed by atoms with Gasteiger partial charge in [0, 0.05) is 24.7 Å². The molecular formula is C15H27N3O. The second kappa shape index (κ2) is 5.80. The van der Waals surface area contributed by atoms with E-state index in [0.29, 0.717) is 6.04 Å². The Morgan fingerprint density at radius 2 is 1.84 bits per heavy atom. The average molecular weight is 265 g/mol. The standard InChI is InChI=1S/C15H27N3O/c1-18-12-5-4-6-13(18)10-11(9-12)17-14-7-2-3-8-16-15(14)19/h11-14,17H,2-10H2,1H3,(H,16,19). The predicted octanol–water partition coefficient (Wildman–Crippen LogP) is 1.26. The fourth-order valence-electron chi connectivity index (χ4n) is 4.13. The number of carbonyl (C=O) groups excluding carboxylic acids is 1. The first-order valence-electron chi connectivity index (χ1n) is 8.00. The van der Waals surface area contributed by atoms with Crippen LogP contribution in [0.2, 0.25) is 0 Å². The van der Waals surface area contributed by atoms with Crippen molar-refractivity contribution >= 4 is 5.91 Å². The summed E-state index contributed by atoms with van der Waals surface area (Å²) in [7, 11) is 2.28. The molecule has 0 aromatic heterocycles. The molecule has 19 heavy (non-hydrogen) atoms. The molecule has 1 amide bonds. The van der Waals surface area contributed by atoms with Gasteiger partial charge < -0.3 is 15.5 Å². The van der Waals surface area contributed by atoms with Gasteiger partial charge in [-0.25, -0.2) is 0 Å². The van der Waals surface area contributed by atoms with Gasteiger partial charge in [-0.3, -0.25) is 4.79 Å². The summed E-state index contributed by atoms with van der Waals surface area (Å²) in [6.07, 6.45) is 9.79. The molecule has 4 heteroatoms. The van der Waals surface area contributed by atoms with Gasteiger partial charge in [-0.1, -0.05) is 6.42 Å². The summed E-state index contributed by atoms with van der Waals surface area (Å²) in [5.41, 5.74) is 0. The third-order valence-corrected chi connectivity index (χ3v) is 5.31. The Balaban J connectivity index is 1.59. The van der Waals surface area contributed by atoms with Gasteiger partial charge >= 0.3 is 0 Å². The normalized spacial score (nSPS) is 40.6. The molecule has 3 unspecified atom stereocenters. The van der Waals surface area contributed by atoms with Crippen LogP contribution in [0.1, 0.15) is 51.4 Å². The average Bonchev–Trinajstić information content (AvgIpc) is 2.56. The van der Waals surface area contributed by atoms with Crippen LogP contribution in [0.15, 0.2) is 0 Å². The fourth-order valence-corrected chi connectivity index (χ4v) is 4.13. The Hall–Kier alpha value is -0.610. The van der Waals surface area contributed by atoms with E-state index in [0.717, 1.165) is 37.9 Å². The fraction of sp³-hybridized carbons (Fsp3) is 0.933. The van der Waals surface area contributed by atoms with E-state index in [4.69, 9.17) is 0 Å². The van der Waals surface area contributed by atoms with Crippen LogP contribution in [-0.2, 0) is 4.79 Å². The molecule has 3 rings (SSSR count). The Morgan fingerprint density at radius 1 is 1.11 bits per heavy atom. The lowest BCUT2D eigenvalue weighted by atomic mass is 9.82. The summed E-state index contributed by atoms with van der Waals surface area (Å²) in [6.45, 7) is 0.857. The van der Waals surface area contributed by atoms with E-state index in [1.165, 1.54) is 32.1 Å². The SMILES string of the molecule is CN1C2CCCC1CC(NC1CCCCNC1=O)C2. The van der Waals surface area contributed by atoms with E-state index >= 15 is 0 Å². The molecule has 3 heterocycles. The van der Waals surface area contributed by atoms with E-state index in [1.54, 1.807) is 0 Å². The van der Waals surface area contributed by atoms with Crippen LogP contribution < -0.4 is 10.6 Å². The van der Waals surface area contributed by atoms with Crippen LogP contribution in [0.4, 0.5) is 0 Å². The second-order valence-electron chi connectivity index (χ2n) is 6.58. The Bertz CT molecular complexity index is 319. The number of hydrogen-bond donors (Lipinski definition) is 2. The molecular weight excluding hydrogens is 238 g/mol. The van der Waals surface area contributed by atoms with Crippen molar-refractivity contribution in [1.29, 1.82) is 0 Å². The molecule has 3 aliphatic heterocycles. The Kier molecular flexibility index (Phi) is 4.08. The maximum atomic E-state index is 12.0. The van der Waals surface area contributed by atoms with E-state index in [2.05, 4.69) is 22.6 Å². The highest BCUT2D eigenvalue weighted by Crippen LogP contribution is 2.32. The van der Waals surface area contributed by atoms with Crippen LogP contribution in [-0.4, -0.2) is 48.6 Å². The number of rotatable bonds is 2. The summed E-state index contributed by atoms with van der Waals surface area (Å²) in [5, 5.41) is 6.69. The topological polar surface area (TPSA) is 44.4 Å². The molecule has 0 saturated carbocycles. The molecule has 0 aromatic carbocycles. The van der Waals surface area contributed by atoms with Gasteiger partial charge in [0.25, 0.3) is 0 Å². The zero-order chi connectivity index (χ0) is 13.2. The van der Waals surface area contributed by atoms with E-state index in [9.17, 15) is 4.79 Å². The summed E-state index contributed by atoms with van der Waals surface area (Å²) in [4.78, 5) is 14.6. The highest BCUT2D eigenvalue weighted by molar-refractivity contribution is 5.81. The van der Waals surface area contributed by atoms with Crippen molar-refractivity contribution in [3.05, 3.63) is 0 Å². The second-order valence-corrected chi connectivity index (χ2v) is 6.58. The van der Waals surface area contributed by atoms with Crippen molar-refractivity contribution < 1.29 is 4.79 Å². The van der Waals surface area contributed by atoms with E-state index < -0.39 is 0 Å². The highest BCUT2D eigenvalue weighted by atomic mass is 16.2. The summed E-state index contributed by atoms with van der Waals surface area (Å²) >= 11 is 0. The lowest BCUT2D eigenvalue weighted by Crippen LogP contribution is -2.57. The molecule has 4 nitrogen and oxygen atoms in total. The molecule has 108 valence electrons. The molecule has 2 N–H and O–H groups in total. The lowest BCUT2D eigenvalue weighted by Gasteiger charge is -2.47. The van der Waals surface area contributed by atoms with Crippen molar-refractivity contribution in [2.45, 2.75) is 75.5 Å². The number of fused-ring (bicyclic) bond motifs is 2. The van der Waals surface area contributed by atoms with Crippen molar-refractivity contribution in [3.8, 4) is 0 Å². The molecule has 0 aliphatic carbocycles. The molecule has 0 aromatic rings. The number of nitrogens with one attached hydrogen (secondary N) is 2. The number of amides is 1. The van der Waals surface area contributed by atoms with Crippen LogP contribution in [0.25, 0.3) is 0 Å². The van der Waals surface area contributed by atoms with Crippen LogP contribution in [0, 0.1) is 0 Å². The van der Waals surface area contributed by atoms with Crippen molar-refractivity contribution in [3.63, 3.8) is 0 Å². The third-order valence-electron chi connectivity index (χ3n) is 5.31. The van der Waals surface area contributed by atoms with Gasteiger partial charge in [-0.05, 0) is 52.0 Å². The van der Waals surface area contributed by atoms with Crippen molar-refractivity contribution in [2.24, 2.45) is 0 Å². The molecule has 3 saturated heterocycles. The predicted molar refractivity (Wildman–Crippen MR) is 76.0 cm³/mol. The lowest BCUT2D eigenvalue weighted by molar-refractivity contribution is -0.123. The zero-order valence-electron chi connectivity index (χ0n) is 12.0. The zero-order valence-corrected chi connectivity index (χ0v) is 12.0. The van der Waals surface area contributed by atoms with Crippen LogP contribution >= 0.6 is 0 Å². The van der Waals surface area contributed by atoms with Gasteiger partial charge in [0.05, 0.1) is 6.04 Å². The molecule has 3 atom stereocenters. The van der Waals surface area contributed by atoms with Crippen LogP contribution in [0.5, 0.6) is 0 Å². The summed E-state index contributed by atoms with van der Waals surface area (Å²) < 4.78 is 0. The van der Waals surface area contributed by atoms with Gasteiger partial charge in [-0.2, -0.15) is 0 Å². The number of nitrogens with zero attached hydrogens (tertiary/aromatic N) is 1. The Labute approximate surface area is 116 Å². The molecule has 0 spiro atoms. The first-order chi connectivity index (χ1) is 9.24. The number of hydrogen-bond acceptors (Lipinski definition) is 3. The third kappa shape index (κ3) is 2.95. The maximum absolute atomic E-state index is 12.0. The van der Waals surface area contributed by atoms with Gasteiger partial charge in [0.1, 0.15) is 0 Å². The quantitative estimate of drug-likeness (QED) is 0.790. The molecule has 3 fully saturated rings.